The maximum atomic E-state index is 12.4. The average molecular weight is 236 g/mol. The molecule has 0 aliphatic carbocycles. The van der Waals surface area contributed by atoms with Crippen molar-refractivity contribution < 1.29 is 4.79 Å². The number of benzene rings is 1. The molecule has 0 N–H and O–H groups in total. The van der Waals surface area contributed by atoms with Gasteiger partial charge in [0.1, 0.15) is 0 Å². The molecule has 0 atom stereocenters. The number of fused-ring (bicyclic) bond motifs is 1. The first-order chi connectivity index (χ1) is 8.77. The van der Waals surface area contributed by atoms with Crippen molar-refractivity contribution in [2.75, 3.05) is 0 Å². The zero-order chi connectivity index (χ0) is 12.5. The van der Waals surface area contributed by atoms with Gasteiger partial charge in [0.25, 0.3) is 0 Å². The van der Waals surface area contributed by atoms with Crippen LogP contribution in [0.1, 0.15) is 15.9 Å². The Labute approximate surface area is 105 Å². The van der Waals surface area contributed by atoms with Gasteiger partial charge in [0, 0.05) is 47.7 Å². The molecule has 0 amide bonds. The molecule has 88 valence electrons. The number of carbonyl (C=O) groups is 1. The standard InChI is InChI=1S/C15H12N2O/c1-17-10-13(12-6-2-3-7-14(12)17)15(18)11-5-4-8-16-9-11/h2-10H,1H3. The van der Waals surface area contributed by atoms with E-state index in [1.54, 1.807) is 24.5 Å². The third-order valence-electron chi connectivity index (χ3n) is 3.07. The Hall–Kier alpha value is -2.42. The van der Waals surface area contributed by atoms with Gasteiger partial charge in [0.15, 0.2) is 5.78 Å². The molecule has 0 fully saturated rings. The summed E-state index contributed by atoms with van der Waals surface area (Å²) >= 11 is 0. The monoisotopic (exact) mass is 236 g/mol. The molecule has 0 radical (unpaired) electrons. The SMILES string of the molecule is Cn1cc(C(=O)c2cccnc2)c2ccccc21. The predicted octanol–water partition coefficient (Wildman–Crippen LogP) is 2.80. The quantitative estimate of drug-likeness (QED) is 0.641. The van der Waals surface area contributed by atoms with E-state index in [0.717, 1.165) is 16.5 Å². The van der Waals surface area contributed by atoms with E-state index in [4.69, 9.17) is 0 Å². The fraction of sp³-hybridized carbons (Fsp3) is 0.0667. The second-order valence-corrected chi connectivity index (χ2v) is 4.24. The van der Waals surface area contributed by atoms with Crippen molar-refractivity contribution in [3.63, 3.8) is 0 Å². The highest BCUT2D eigenvalue weighted by Gasteiger charge is 2.15. The van der Waals surface area contributed by atoms with Crippen LogP contribution >= 0.6 is 0 Å². The van der Waals surface area contributed by atoms with E-state index < -0.39 is 0 Å². The van der Waals surface area contributed by atoms with Crippen LogP contribution in [0, 0.1) is 0 Å². The first-order valence-electron chi connectivity index (χ1n) is 5.76. The molecule has 18 heavy (non-hydrogen) atoms. The van der Waals surface area contributed by atoms with Crippen LogP contribution in [0.4, 0.5) is 0 Å². The third-order valence-corrected chi connectivity index (χ3v) is 3.07. The summed E-state index contributed by atoms with van der Waals surface area (Å²) < 4.78 is 1.97. The summed E-state index contributed by atoms with van der Waals surface area (Å²) in [5, 5.41) is 0.980. The van der Waals surface area contributed by atoms with E-state index >= 15 is 0 Å². The molecule has 0 bridgehead atoms. The minimum absolute atomic E-state index is 0.0138. The molecule has 0 unspecified atom stereocenters. The van der Waals surface area contributed by atoms with Crippen LogP contribution in [-0.2, 0) is 7.05 Å². The van der Waals surface area contributed by atoms with Crippen LogP contribution in [0.3, 0.4) is 0 Å². The lowest BCUT2D eigenvalue weighted by molar-refractivity contribution is 0.104. The molecule has 0 saturated heterocycles. The first kappa shape index (κ1) is 10.7. The van der Waals surface area contributed by atoms with Gasteiger partial charge in [-0.2, -0.15) is 0 Å². The minimum atomic E-state index is 0.0138. The van der Waals surface area contributed by atoms with Crippen LogP contribution < -0.4 is 0 Å². The van der Waals surface area contributed by atoms with E-state index in [1.807, 2.05) is 42.1 Å². The number of para-hydroxylation sites is 1. The molecule has 0 saturated carbocycles. The van der Waals surface area contributed by atoms with Gasteiger partial charge in [-0.15, -0.1) is 0 Å². The van der Waals surface area contributed by atoms with Crippen molar-refractivity contribution in [3.8, 4) is 0 Å². The van der Waals surface area contributed by atoms with Crippen LogP contribution in [0.15, 0.2) is 55.0 Å². The summed E-state index contributed by atoms with van der Waals surface area (Å²) in [5.41, 5.74) is 2.40. The summed E-state index contributed by atoms with van der Waals surface area (Å²) in [6, 6.07) is 11.5. The normalized spacial score (nSPS) is 10.7. The maximum absolute atomic E-state index is 12.4. The molecule has 0 aliphatic rings. The summed E-state index contributed by atoms with van der Waals surface area (Å²) in [7, 11) is 1.95. The highest BCUT2D eigenvalue weighted by molar-refractivity contribution is 6.16. The zero-order valence-electron chi connectivity index (χ0n) is 10.00. The summed E-state index contributed by atoms with van der Waals surface area (Å²) in [4.78, 5) is 16.4. The molecule has 0 spiro atoms. The van der Waals surface area contributed by atoms with E-state index in [9.17, 15) is 4.79 Å². The highest BCUT2D eigenvalue weighted by Crippen LogP contribution is 2.22. The summed E-state index contributed by atoms with van der Waals surface area (Å²) in [6.07, 6.45) is 5.14. The van der Waals surface area contributed by atoms with E-state index in [2.05, 4.69) is 4.98 Å². The van der Waals surface area contributed by atoms with Crippen molar-refractivity contribution in [1.82, 2.24) is 9.55 Å². The van der Waals surface area contributed by atoms with Crippen molar-refractivity contribution in [1.29, 1.82) is 0 Å². The van der Waals surface area contributed by atoms with Gasteiger partial charge in [-0.25, -0.2) is 0 Å². The van der Waals surface area contributed by atoms with Gasteiger partial charge in [-0.3, -0.25) is 9.78 Å². The second-order valence-electron chi connectivity index (χ2n) is 4.24. The fourth-order valence-corrected chi connectivity index (χ4v) is 2.18. The number of hydrogen-bond donors (Lipinski definition) is 0. The van der Waals surface area contributed by atoms with Crippen LogP contribution in [0.5, 0.6) is 0 Å². The van der Waals surface area contributed by atoms with Gasteiger partial charge in [0.2, 0.25) is 0 Å². The Morgan fingerprint density at radius 1 is 1.17 bits per heavy atom. The molecular formula is C15H12N2O. The number of rotatable bonds is 2. The number of ketones is 1. The maximum Gasteiger partial charge on any atom is 0.196 e. The topological polar surface area (TPSA) is 34.9 Å². The van der Waals surface area contributed by atoms with Crippen LogP contribution in [0.25, 0.3) is 10.9 Å². The summed E-state index contributed by atoms with van der Waals surface area (Å²) in [5.74, 6) is 0.0138. The molecule has 3 rings (SSSR count). The largest absolute Gasteiger partial charge is 0.350 e. The van der Waals surface area contributed by atoms with Crippen LogP contribution in [-0.4, -0.2) is 15.3 Å². The summed E-state index contributed by atoms with van der Waals surface area (Å²) in [6.45, 7) is 0. The Morgan fingerprint density at radius 3 is 2.78 bits per heavy atom. The lowest BCUT2D eigenvalue weighted by Gasteiger charge is -1.98. The van der Waals surface area contributed by atoms with Gasteiger partial charge < -0.3 is 4.57 Å². The first-order valence-corrected chi connectivity index (χ1v) is 5.76. The Kier molecular flexibility index (Phi) is 2.45. The molecule has 0 aliphatic heterocycles. The van der Waals surface area contributed by atoms with Gasteiger partial charge in [-0.1, -0.05) is 18.2 Å². The zero-order valence-corrected chi connectivity index (χ0v) is 10.00. The number of hydrogen-bond acceptors (Lipinski definition) is 2. The number of carbonyl (C=O) groups excluding carboxylic acids is 1. The molecule has 1 aromatic carbocycles. The predicted molar refractivity (Wildman–Crippen MR) is 70.6 cm³/mol. The number of nitrogens with zero attached hydrogens (tertiary/aromatic N) is 2. The average Bonchev–Trinajstić information content (AvgIpc) is 2.77. The fourth-order valence-electron chi connectivity index (χ4n) is 2.18. The van der Waals surface area contributed by atoms with Crippen molar-refractivity contribution in [2.45, 2.75) is 0 Å². The minimum Gasteiger partial charge on any atom is -0.350 e. The highest BCUT2D eigenvalue weighted by atomic mass is 16.1. The third kappa shape index (κ3) is 1.61. The van der Waals surface area contributed by atoms with Gasteiger partial charge >= 0.3 is 0 Å². The molecule has 3 heteroatoms. The smallest absolute Gasteiger partial charge is 0.196 e. The Balaban J connectivity index is 2.19. The van der Waals surface area contributed by atoms with Crippen molar-refractivity contribution in [2.24, 2.45) is 7.05 Å². The molecular weight excluding hydrogens is 224 g/mol. The number of aryl methyl sites for hydroxylation is 1. The van der Waals surface area contributed by atoms with E-state index in [-0.39, 0.29) is 5.78 Å². The van der Waals surface area contributed by atoms with Crippen LogP contribution in [0.2, 0.25) is 0 Å². The van der Waals surface area contributed by atoms with Gasteiger partial charge in [0.05, 0.1) is 0 Å². The Morgan fingerprint density at radius 2 is 2.00 bits per heavy atom. The van der Waals surface area contributed by atoms with Crippen molar-refractivity contribution >= 4 is 16.7 Å². The number of aromatic nitrogens is 2. The van der Waals surface area contributed by atoms with E-state index in [0.29, 0.717) is 5.56 Å². The second kappa shape index (κ2) is 4.11. The lowest BCUT2D eigenvalue weighted by Crippen LogP contribution is -2.00. The Bertz CT molecular complexity index is 714. The molecule has 2 heterocycles. The van der Waals surface area contributed by atoms with Gasteiger partial charge in [-0.05, 0) is 18.2 Å². The lowest BCUT2D eigenvalue weighted by atomic mass is 10.0. The number of pyridine rings is 1. The van der Waals surface area contributed by atoms with E-state index in [1.165, 1.54) is 0 Å². The van der Waals surface area contributed by atoms with Crippen molar-refractivity contribution in [3.05, 3.63) is 66.1 Å². The molecule has 3 aromatic rings. The molecule has 3 nitrogen and oxygen atoms in total. The molecule has 2 aromatic heterocycles.